The summed E-state index contributed by atoms with van der Waals surface area (Å²) >= 11 is 3.45. The van der Waals surface area contributed by atoms with E-state index >= 15 is 0 Å². The largest absolute Gasteiger partial charge is 0.304 e. The highest BCUT2D eigenvalue weighted by Crippen LogP contribution is 2.26. The van der Waals surface area contributed by atoms with Gasteiger partial charge in [0.1, 0.15) is 0 Å². The lowest BCUT2D eigenvalue weighted by atomic mass is 10.1. The maximum Gasteiger partial charge on any atom is 0.153 e. The van der Waals surface area contributed by atoms with Gasteiger partial charge < -0.3 is 5.32 Å². The Morgan fingerprint density at radius 2 is 2.05 bits per heavy atom. The van der Waals surface area contributed by atoms with Gasteiger partial charge in [-0.25, -0.2) is 9.67 Å². The minimum absolute atomic E-state index is 0.110. The predicted molar refractivity (Wildman–Crippen MR) is 83.8 cm³/mol. The molecule has 1 aromatic carbocycles. The van der Waals surface area contributed by atoms with Crippen LogP contribution >= 0.6 is 15.9 Å². The third kappa shape index (κ3) is 2.66. The Bertz CT molecular complexity index is 750. The van der Waals surface area contributed by atoms with Gasteiger partial charge in [-0.2, -0.15) is 0 Å². The molecule has 21 heavy (non-hydrogen) atoms. The summed E-state index contributed by atoms with van der Waals surface area (Å²) in [7, 11) is 1.87. The molecule has 6 nitrogen and oxygen atoms in total. The third-order valence-corrected chi connectivity index (χ3v) is 3.84. The van der Waals surface area contributed by atoms with Gasteiger partial charge in [0.05, 0.1) is 34.7 Å². The van der Waals surface area contributed by atoms with Crippen LogP contribution in [0.5, 0.6) is 0 Å². The van der Waals surface area contributed by atoms with Crippen molar-refractivity contribution < 1.29 is 0 Å². The number of nitrogens with zero attached hydrogens (tertiary/aromatic N) is 5. The van der Waals surface area contributed by atoms with Crippen LogP contribution in [-0.2, 0) is 7.05 Å². The van der Waals surface area contributed by atoms with Crippen LogP contribution < -0.4 is 5.32 Å². The van der Waals surface area contributed by atoms with Crippen LogP contribution in [0.4, 0.5) is 0 Å². The number of para-hydroxylation sites is 2. The summed E-state index contributed by atoms with van der Waals surface area (Å²) in [4.78, 5) is 9.20. The minimum atomic E-state index is -0.110. The maximum absolute atomic E-state index is 4.72. The molecule has 0 bridgehead atoms. The number of benzene rings is 1. The zero-order valence-corrected chi connectivity index (χ0v) is 13.4. The Kier molecular flexibility index (Phi) is 3.94. The molecule has 3 aromatic rings. The predicted octanol–water partition coefficient (Wildman–Crippen LogP) is 2.22. The smallest absolute Gasteiger partial charge is 0.153 e. The molecule has 1 atom stereocenters. The van der Waals surface area contributed by atoms with Crippen LogP contribution in [-0.4, -0.2) is 31.5 Å². The van der Waals surface area contributed by atoms with Crippen LogP contribution in [0, 0.1) is 0 Å². The van der Waals surface area contributed by atoms with Crippen molar-refractivity contribution in [1.29, 1.82) is 0 Å². The fourth-order valence-electron chi connectivity index (χ4n) is 2.30. The molecular formula is C14H15BrN6. The summed E-state index contributed by atoms with van der Waals surface area (Å²) < 4.78 is 2.46. The summed E-state index contributed by atoms with van der Waals surface area (Å²) in [5, 5.41) is 11.5. The molecule has 1 N–H and O–H groups in total. The molecule has 0 spiro atoms. The van der Waals surface area contributed by atoms with Crippen LogP contribution in [0.1, 0.15) is 24.4 Å². The highest BCUT2D eigenvalue weighted by Gasteiger charge is 2.23. The molecule has 108 valence electrons. The van der Waals surface area contributed by atoms with Crippen molar-refractivity contribution in [3.8, 4) is 0 Å². The first-order valence-electron chi connectivity index (χ1n) is 6.71. The number of hydrogen-bond acceptors (Lipinski definition) is 5. The molecule has 0 radical (unpaired) electrons. The van der Waals surface area contributed by atoms with E-state index in [1.807, 2.05) is 31.3 Å². The van der Waals surface area contributed by atoms with E-state index in [1.54, 1.807) is 10.9 Å². The molecule has 0 amide bonds. The monoisotopic (exact) mass is 346 g/mol. The van der Waals surface area contributed by atoms with Crippen molar-refractivity contribution in [1.82, 2.24) is 30.3 Å². The molecule has 2 heterocycles. The standard InChI is InChI=1S/C14H15BrN6/c1-3-16-12(13-14(15)19-20-21(13)2)11-8-17-9-6-4-5-7-10(9)18-11/h4-8,12,16H,3H2,1-2H3. The van der Waals surface area contributed by atoms with Gasteiger partial charge in [-0.3, -0.25) is 4.98 Å². The molecule has 0 saturated heterocycles. The van der Waals surface area contributed by atoms with Crippen LogP contribution in [0.3, 0.4) is 0 Å². The molecule has 0 aliphatic carbocycles. The fraction of sp³-hybridized carbons (Fsp3) is 0.286. The topological polar surface area (TPSA) is 68.5 Å². The van der Waals surface area contributed by atoms with E-state index in [1.165, 1.54) is 0 Å². The molecule has 7 heteroatoms. The first kappa shape index (κ1) is 14.1. The Labute approximate surface area is 130 Å². The number of fused-ring (bicyclic) bond motifs is 1. The fourth-order valence-corrected chi connectivity index (χ4v) is 2.86. The number of hydrogen-bond donors (Lipinski definition) is 1. The number of halogens is 1. The molecule has 0 saturated carbocycles. The zero-order valence-electron chi connectivity index (χ0n) is 11.8. The normalized spacial score (nSPS) is 12.7. The molecular weight excluding hydrogens is 332 g/mol. The Morgan fingerprint density at radius 3 is 2.71 bits per heavy atom. The average molecular weight is 347 g/mol. The molecule has 0 fully saturated rings. The Balaban J connectivity index is 2.11. The van der Waals surface area contributed by atoms with E-state index in [0.29, 0.717) is 4.60 Å². The lowest BCUT2D eigenvalue weighted by Crippen LogP contribution is -2.25. The molecule has 2 aromatic heterocycles. The van der Waals surface area contributed by atoms with Gasteiger partial charge in [0.25, 0.3) is 0 Å². The lowest BCUT2D eigenvalue weighted by molar-refractivity contribution is 0.557. The highest BCUT2D eigenvalue weighted by molar-refractivity contribution is 9.10. The number of aryl methyl sites for hydroxylation is 1. The van der Waals surface area contributed by atoms with Crippen molar-refractivity contribution >= 4 is 27.0 Å². The minimum Gasteiger partial charge on any atom is -0.304 e. The second-order valence-corrected chi connectivity index (χ2v) is 5.41. The highest BCUT2D eigenvalue weighted by atomic mass is 79.9. The average Bonchev–Trinajstić information content (AvgIpc) is 2.84. The van der Waals surface area contributed by atoms with E-state index in [2.05, 4.69) is 43.5 Å². The van der Waals surface area contributed by atoms with Crippen molar-refractivity contribution in [3.63, 3.8) is 0 Å². The maximum atomic E-state index is 4.72. The van der Waals surface area contributed by atoms with Crippen LogP contribution in [0.25, 0.3) is 11.0 Å². The number of nitrogens with one attached hydrogen (secondary N) is 1. The second-order valence-electron chi connectivity index (χ2n) is 4.66. The third-order valence-electron chi connectivity index (χ3n) is 3.27. The van der Waals surface area contributed by atoms with Crippen LogP contribution in [0.2, 0.25) is 0 Å². The summed E-state index contributed by atoms with van der Waals surface area (Å²) in [5.41, 5.74) is 3.55. The number of rotatable bonds is 4. The SMILES string of the molecule is CCNC(c1cnc2ccccc2n1)c1c(Br)nnn1C. The van der Waals surface area contributed by atoms with E-state index in [4.69, 9.17) is 4.98 Å². The van der Waals surface area contributed by atoms with Crippen LogP contribution in [0.15, 0.2) is 35.1 Å². The Hall–Kier alpha value is -1.86. The molecule has 0 aliphatic rings. The Morgan fingerprint density at radius 1 is 1.29 bits per heavy atom. The van der Waals surface area contributed by atoms with Gasteiger partial charge in [-0.1, -0.05) is 24.3 Å². The van der Waals surface area contributed by atoms with E-state index in [9.17, 15) is 0 Å². The van der Waals surface area contributed by atoms with Crippen molar-refractivity contribution in [2.45, 2.75) is 13.0 Å². The first-order valence-corrected chi connectivity index (χ1v) is 7.50. The second kappa shape index (κ2) is 5.87. The summed E-state index contributed by atoms with van der Waals surface area (Å²) in [6.45, 7) is 2.86. The van der Waals surface area contributed by atoms with Gasteiger partial charge in [-0.15, -0.1) is 5.10 Å². The summed E-state index contributed by atoms with van der Waals surface area (Å²) in [6.07, 6.45) is 1.80. The van der Waals surface area contributed by atoms with Crippen molar-refractivity contribution in [2.24, 2.45) is 7.05 Å². The van der Waals surface area contributed by atoms with E-state index in [-0.39, 0.29) is 6.04 Å². The van der Waals surface area contributed by atoms with Gasteiger partial charge >= 0.3 is 0 Å². The first-order chi connectivity index (χ1) is 10.2. The summed E-state index contributed by atoms with van der Waals surface area (Å²) in [6, 6.07) is 7.73. The van der Waals surface area contributed by atoms with Crippen molar-refractivity contribution in [2.75, 3.05) is 6.54 Å². The van der Waals surface area contributed by atoms with Gasteiger partial charge in [-0.05, 0) is 34.6 Å². The van der Waals surface area contributed by atoms with Gasteiger partial charge in [0, 0.05) is 7.05 Å². The van der Waals surface area contributed by atoms with Gasteiger partial charge in [0.15, 0.2) is 4.60 Å². The zero-order chi connectivity index (χ0) is 14.8. The van der Waals surface area contributed by atoms with Gasteiger partial charge in [0.2, 0.25) is 0 Å². The summed E-state index contributed by atoms with van der Waals surface area (Å²) in [5.74, 6) is 0. The molecule has 0 aliphatic heterocycles. The van der Waals surface area contributed by atoms with Crippen molar-refractivity contribution in [3.05, 3.63) is 46.5 Å². The number of aromatic nitrogens is 5. The molecule has 3 rings (SSSR count). The quantitative estimate of drug-likeness (QED) is 0.784. The molecule has 1 unspecified atom stereocenters. The van der Waals surface area contributed by atoms with E-state index < -0.39 is 0 Å². The van der Waals surface area contributed by atoms with E-state index in [0.717, 1.165) is 29.0 Å². The lowest BCUT2D eigenvalue weighted by Gasteiger charge is -2.17.